The zero-order valence-corrected chi connectivity index (χ0v) is 10.2. The first kappa shape index (κ1) is 11.2. The van der Waals surface area contributed by atoms with Gasteiger partial charge in [0.25, 0.3) is 0 Å². The van der Waals surface area contributed by atoms with Crippen LogP contribution < -0.4 is 10.5 Å². The second kappa shape index (κ2) is 4.67. The van der Waals surface area contributed by atoms with Crippen LogP contribution in [0.2, 0.25) is 0 Å². The highest BCUT2D eigenvalue weighted by atomic mass is 32.1. The molecule has 2 aromatic rings. The van der Waals surface area contributed by atoms with Gasteiger partial charge in [0.2, 0.25) is 0 Å². The number of rotatable bonds is 4. The van der Waals surface area contributed by atoms with Crippen LogP contribution in [0.25, 0.3) is 0 Å². The van der Waals surface area contributed by atoms with Gasteiger partial charge in [0, 0.05) is 29.2 Å². The van der Waals surface area contributed by atoms with Crippen molar-refractivity contribution >= 4 is 11.3 Å². The van der Waals surface area contributed by atoms with Crippen LogP contribution in [0.5, 0.6) is 5.75 Å². The van der Waals surface area contributed by atoms with E-state index in [9.17, 15) is 0 Å². The molecular formula is C11H15N3OS. The molecular weight excluding hydrogens is 222 g/mol. The van der Waals surface area contributed by atoms with E-state index >= 15 is 0 Å². The molecule has 4 nitrogen and oxygen atoms in total. The monoisotopic (exact) mass is 237 g/mol. The molecule has 2 N–H and O–H groups in total. The van der Waals surface area contributed by atoms with E-state index < -0.39 is 0 Å². The lowest BCUT2D eigenvalue weighted by atomic mass is 10.2. The summed E-state index contributed by atoms with van der Waals surface area (Å²) in [6.07, 6.45) is 3.73. The standard InChI is InChI=1S/C11H15N3OS/c1-3-14-5-4-13-11(14)10(12)9-6-8(15-2)7-16-9/h4-7,10H,3,12H2,1-2H3. The maximum atomic E-state index is 6.18. The van der Waals surface area contributed by atoms with E-state index in [1.807, 2.05) is 17.6 Å². The van der Waals surface area contributed by atoms with Gasteiger partial charge in [0.1, 0.15) is 11.6 Å². The van der Waals surface area contributed by atoms with Gasteiger partial charge in [-0.3, -0.25) is 0 Å². The number of nitrogens with two attached hydrogens (primary N) is 1. The maximum absolute atomic E-state index is 6.18. The number of aromatic nitrogens is 2. The lowest BCUT2D eigenvalue weighted by Crippen LogP contribution is -2.16. The number of ether oxygens (including phenoxy) is 1. The smallest absolute Gasteiger partial charge is 0.131 e. The first-order chi connectivity index (χ1) is 7.76. The molecule has 86 valence electrons. The summed E-state index contributed by atoms with van der Waals surface area (Å²) in [5.41, 5.74) is 6.18. The molecule has 0 saturated heterocycles. The van der Waals surface area contributed by atoms with E-state index in [4.69, 9.17) is 10.5 Å². The molecule has 0 bridgehead atoms. The van der Waals surface area contributed by atoms with Gasteiger partial charge in [-0.2, -0.15) is 0 Å². The summed E-state index contributed by atoms with van der Waals surface area (Å²) in [6.45, 7) is 2.96. The molecule has 0 saturated carbocycles. The molecule has 0 fully saturated rings. The van der Waals surface area contributed by atoms with E-state index in [2.05, 4.69) is 16.5 Å². The van der Waals surface area contributed by atoms with E-state index in [1.54, 1.807) is 24.6 Å². The fourth-order valence-corrected chi connectivity index (χ4v) is 2.45. The van der Waals surface area contributed by atoms with Gasteiger partial charge in [0.15, 0.2) is 0 Å². The largest absolute Gasteiger partial charge is 0.496 e. The van der Waals surface area contributed by atoms with Crippen LogP contribution in [0.15, 0.2) is 23.8 Å². The molecule has 0 aliphatic rings. The molecule has 2 heterocycles. The van der Waals surface area contributed by atoms with Gasteiger partial charge in [-0.1, -0.05) is 0 Å². The highest BCUT2D eigenvalue weighted by molar-refractivity contribution is 7.10. The predicted octanol–water partition coefficient (Wildman–Crippen LogP) is 2.02. The van der Waals surface area contributed by atoms with E-state index in [0.717, 1.165) is 23.0 Å². The van der Waals surface area contributed by atoms with Crippen molar-refractivity contribution in [1.82, 2.24) is 9.55 Å². The lowest BCUT2D eigenvalue weighted by Gasteiger charge is -2.10. The quantitative estimate of drug-likeness (QED) is 0.885. The SMILES string of the molecule is CCn1ccnc1C(N)c1cc(OC)cs1. The minimum Gasteiger partial charge on any atom is -0.496 e. The van der Waals surface area contributed by atoms with E-state index in [1.165, 1.54) is 0 Å². The topological polar surface area (TPSA) is 53.1 Å². The van der Waals surface area contributed by atoms with Crippen molar-refractivity contribution < 1.29 is 4.74 Å². The third-order valence-corrected chi connectivity index (χ3v) is 3.50. The highest BCUT2D eigenvalue weighted by Gasteiger charge is 2.16. The average Bonchev–Trinajstić information content (AvgIpc) is 2.96. The lowest BCUT2D eigenvalue weighted by molar-refractivity contribution is 0.416. The van der Waals surface area contributed by atoms with Crippen LogP contribution in [0.4, 0.5) is 0 Å². The van der Waals surface area contributed by atoms with Gasteiger partial charge in [-0.25, -0.2) is 4.98 Å². The molecule has 0 amide bonds. The number of hydrogen-bond donors (Lipinski definition) is 1. The van der Waals surface area contributed by atoms with Crippen molar-refractivity contribution in [2.24, 2.45) is 5.73 Å². The summed E-state index contributed by atoms with van der Waals surface area (Å²) in [4.78, 5) is 5.37. The summed E-state index contributed by atoms with van der Waals surface area (Å²) in [5, 5.41) is 1.95. The molecule has 0 aromatic carbocycles. The molecule has 5 heteroatoms. The zero-order chi connectivity index (χ0) is 11.5. The maximum Gasteiger partial charge on any atom is 0.131 e. The van der Waals surface area contributed by atoms with Crippen LogP contribution in [0, 0.1) is 0 Å². The molecule has 0 radical (unpaired) electrons. The second-order valence-electron chi connectivity index (χ2n) is 3.44. The Balaban J connectivity index is 2.27. The molecule has 1 unspecified atom stereocenters. The first-order valence-corrected chi connectivity index (χ1v) is 6.03. The highest BCUT2D eigenvalue weighted by Crippen LogP contribution is 2.28. The van der Waals surface area contributed by atoms with E-state index in [0.29, 0.717) is 0 Å². The van der Waals surface area contributed by atoms with Crippen molar-refractivity contribution in [3.05, 3.63) is 34.5 Å². The predicted molar refractivity (Wildman–Crippen MR) is 64.8 cm³/mol. The van der Waals surface area contributed by atoms with Crippen LogP contribution in [-0.2, 0) is 6.54 Å². The Hall–Kier alpha value is -1.33. The number of aryl methyl sites for hydroxylation is 1. The molecule has 16 heavy (non-hydrogen) atoms. The van der Waals surface area contributed by atoms with Crippen molar-refractivity contribution in [2.75, 3.05) is 7.11 Å². The van der Waals surface area contributed by atoms with Gasteiger partial charge in [0.05, 0.1) is 13.2 Å². The Morgan fingerprint density at radius 2 is 2.44 bits per heavy atom. The number of nitrogens with zero attached hydrogens (tertiary/aromatic N) is 2. The van der Waals surface area contributed by atoms with Crippen LogP contribution in [0.3, 0.4) is 0 Å². The molecule has 0 aliphatic carbocycles. The summed E-state index contributed by atoms with van der Waals surface area (Å²) in [6, 6.07) is 1.79. The van der Waals surface area contributed by atoms with Crippen LogP contribution in [0.1, 0.15) is 23.7 Å². The van der Waals surface area contributed by atoms with Crippen LogP contribution >= 0.6 is 11.3 Å². The molecule has 2 rings (SSSR count). The second-order valence-corrected chi connectivity index (χ2v) is 4.38. The Morgan fingerprint density at radius 1 is 1.62 bits per heavy atom. The zero-order valence-electron chi connectivity index (χ0n) is 9.38. The fourth-order valence-electron chi connectivity index (χ4n) is 1.60. The van der Waals surface area contributed by atoms with Crippen molar-refractivity contribution in [2.45, 2.75) is 19.5 Å². The molecule has 2 aromatic heterocycles. The van der Waals surface area contributed by atoms with Gasteiger partial charge in [-0.15, -0.1) is 11.3 Å². The molecule has 0 spiro atoms. The van der Waals surface area contributed by atoms with Crippen molar-refractivity contribution in [3.63, 3.8) is 0 Å². The summed E-state index contributed by atoms with van der Waals surface area (Å²) >= 11 is 1.60. The summed E-state index contributed by atoms with van der Waals surface area (Å²) in [5.74, 6) is 1.75. The Kier molecular flexibility index (Phi) is 3.26. The number of hydrogen-bond acceptors (Lipinski definition) is 4. The minimum atomic E-state index is -0.177. The Bertz CT molecular complexity index is 463. The van der Waals surface area contributed by atoms with Crippen molar-refractivity contribution in [1.29, 1.82) is 0 Å². The number of imidazole rings is 1. The first-order valence-electron chi connectivity index (χ1n) is 5.15. The summed E-state index contributed by atoms with van der Waals surface area (Å²) < 4.78 is 7.20. The minimum absolute atomic E-state index is 0.177. The van der Waals surface area contributed by atoms with Gasteiger partial charge < -0.3 is 15.0 Å². The number of methoxy groups -OCH3 is 1. The molecule has 0 aliphatic heterocycles. The average molecular weight is 237 g/mol. The summed E-state index contributed by atoms with van der Waals surface area (Å²) in [7, 11) is 1.66. The van der Waals surface area contributed by atoms with Crippen molar-refractivity contribution in [3.8, 4) is 5.75 Å². The van der Waals surface area contributed by atoms with Gasteiger partial charge in [-0.05, 0) is 13.0 Å². The third-order valence-electron chi connectivity index (χ3n) is 2.50. The molecule has 1 atom stereocenters. The Labute approximate surface area is 98.7 Å². The number of thiophene rings is 1. The van der Waals surface area contributed by atoms with E-state index in [-0.39, 0.29) is 6.04 Å². The third kappa shape index (κ3) is 1.96. The van der Waals surface area contributed by atoms with Crippen LogP contribution in [-0.4, -0.2) is 16.7 Å². The van der Waals surface area contributed by atoms with Gasteiger partial charge >= 0.3 is 0 Å². The Morgan fingerprint density at radius 3 is 3.06 bits per heavy atom. The normalized spacial score (nSPS) is 12.7. The fraction of sp³-hybridized carbons (Fsp3) is 0.364.